The molecule has 1 aromatic carbocycles. The smallest absolute Gasteiger partial charge is 0.407 e. The zero-order valence-corrected chi connectivity index (χ0v) is 32.1. The van der Waals surface area contributed by atoms with Gasteiger partial charge in [0.2, 0.25) is 0 Å². The highest BCUT2D eigenvalue weighted by atomic mass is 16.6. The Morgan fingerprint density at radius 2 is 1.20 bits per heavy atom. The molecule has 0 radical (unpaired) electrons. The van der Waals surface area contributed by atoms with Crippen LogP contribution in [0.2, 0.25) is 0 Å². The lowest BCUT2D eigenvalue weighted by Crippen LogP contribution is -2.69. The molecule has 0 unspecified atom stereocenters. The number of ether oxygens (including phenoxy) is 2. The number of carbonyl (C=O) groups is 2. The maximum Gasteiger partial charge on any atom is 0.407 e. The van der Waals surface area contributed by atoms with Crippen molar-refractivity contribution in [3.8, 4) is 0 Å². The molecule has 0 aliphatic carbocycles. The highest BCUT2D eigenvalue weighted by Gasteiger charge is 2.48. The van der Waals surface area contributed by atoms with Crippen LogP contribution in [0.5, 0.6) is 0 Å². The molecule has 5 atom stereocenters. The quantitative estimate of drug-likeness (QED) is 0.0524. The molecule has 2 rings (SSSR count). The fourth-order valence-corrected chi connectivity index (χ4v) is 6.80. The van der Waals surface area contributed by atoms with Crippen LogP contribution in [-0.2, 0) is 16.1 Å². The van der Waals surface area contributed by atoms with Crippen molar-refractivity contribution in [1.29, 1.82) is 0 Å². The largest absolute Gasteiger partial charge is 0.445 e. The van der Waals surface area contributed by atoms with Crippen molar-refractivity contribution in [3.05, 3.63) is 35.9 Å². The van der Waals surface area contributed by atoms with Crippen LogP contribution in [0.4, 0.5) is 9.59 Å². The lowest BCUT2D eigenvalue weighted by Gasteiger charge is -2.46. The van der Waals surface area contributed by atoms with Crippen molar-refractivity contribution in [3.63, 3.8) is 0 Å². The number of alkyl carbamates (subject to hydrolysis) is 1. The van der Waals surface area contributed by atoms with Crippen molar-refractivity contribution in [2.45, 2.75) is 192 Å². The van der Waals surface area contributed by atoms with Gasteiger partial charge in [-0.15, -0.1) is 0 Å². The molecule has 1 aliphatic rings. The fraction of sp³-hybridized carbons (Fsp3) is 0.805. The van der Waals surface area contributed by atoms with E-state index in [0.29, 0.717) is 13.1 Å². The Kier molecular flexibility index (Phi) is 25.5. The van der Waals surface area contributed by atoms with Gasteiger partial charge in [0, 0.05) is 13.1 Å². The summed E-state index contributed by atoms with van der Waals surface area (Å²) in [6, 6.07) is 7.70. The second-order valence-electron chi connectivity index (χ2n) is 14.5. The van der Waals surface area contributed by atoms with Crippen molar-refractivity contribution >= 4 is 12.1 Å². The van der Waals surface area contributed by atoms with Gasteiger partial charge < -0.3 is 35.4 Å². The van der Waals surface area contributed by atoms with E-state index in [9.17, 15) is 24.9 Å². The van der Waals surface area contributed by atoms with E-state index in [-0.39, 0.29) is 12.6 Å². The maximum absolute atomic E-state index is 13.7. The average Bonchev–Trinajstić information content (AvgIpc) is 3.14. The number of rotatable bonds is 29. The first kappa shape index (κ1) is 44.8. The van der Waals surface area contributed by atoms with E-state index in [1.807, 2.05) is 30.3 Å². The van der Waals surface area contributed by atoms with E-state index in [2.05, 4.69) is 24.5 Å². The Balaban J connectivity index is 1.96. The average molecular weight is 720 g/mol. The summed E-state index contributed by atoms with van der Waals surface area (Å²) in [6.07, 6.45) is 20.2. The Labute approximate surface area is 309 Å². The van der Waals surface area contributed by atoms with Crippen LogP contribution in [-0.4, -0.2) is 82.6 Å². The van der Waals surface area contributed by atoms with Gasteiger partial charge in [-0.05, 0) is 18.4 Å². The number of aliphatic hydroxyl groups is 3. The van der Waals surface area contributed by atoms with Gasteiger partial charge in [0.05, 0.1) is 6.61 Å². The molecule has 294 valence electrons. The minimum Gasteiger partial charge on any atom is -0.445 e. The molecule has 3 amide bonds. The van der Waals surface area contributed by atoms with Crippen molar-refractivity contribution in [2.75, 3.05) is 19.7 Å². The number of nitrogens with one attached hydrogen (secondary N) is 2. The number of hydrogen-bond donors (Lipinski definition) is 5. The molecular formula is C41H73N3O7. The third-order valence-corrected chi connectivity index (χ3v) is 10.0. The lowest BCUT2D eigenvalue weighted by molar-refractivity contribution is -0.222. The number of urea groups is 1. The minimum atomic E-state index is -1.50. The molecule has 1 aliphatic heterocycles. The zero-order valence-electron chi connectivity index (χ0n) is 32.1. The standard InChI is InChI=1S/C41H73N3O7/c1-3-5-7-9-11-13-15-16-18-20-22-27-31-44(40(48)42-30-26-21-19-17-14-12-10-8-6-4-2)39-36(38(47)37(46)35(32-45)51-39)43-41(49)50-33-34-28-24-23-25-29-34/h23-25,28-29,35-39,45-47H,3-22,26-27,30-33H2,1-2H3,(H,42,48)(H,43,49)/t35-,36+,37-,38-,39-/m1/s1. The third-order valence-electron chi connectivity index (χ3n) is 10.0. The van der Waals surface area contributed by atoms with Crippen LogP contribution in [0, 0.1) is 0 Å². The van der Waals surface area contributed by atoms with Gasteiger partial charge in [0.15, 0.2) is 6.23 Å². The van der Waals surface area contributed by atoms with Crippen LogP contribution in [0.15, 0.2) is 30.3 Å². The Morgan fingerprint density at radius 3 is 1.71 bits per heavy atom. The molecule has 1 fully saturated rings. The number of nitrogens with zero attached hydrogens (tertiary/aromatic N) is 1. The number of amides is 3. The molecule has 1 saturated heterocycles. The predicted octanol–water partition coefficient (Wildman–Crippen LogP) is 8.35. The molecule has 1 heterocycles. The number of benzene rings is 1. The SMILES string of the molecule is CCCCCCCCCCCCCCN(C(=O)NCCCCCCCCCCCC)[C@@H]1O[C@H](CO)[C@@H](O)[C@H](O)[C@@H]1NC(=O)OCc1ccccc1. The molecule has 0 spiro atoms. The Hall–Kier alpha value is -2.40. The molecule has 5 N–H and O–H groups in total. The third kappa shape index (κ3) is 19.3. The van der Waals surface area contributed by atoms with Gasteiger partial charge in [-0.1, -0.05) is 173 Å². The van der Waals surface area contributed by atoms with E-state index in [1.54, 1.807) is 0 Å². The summed E-state index contributed by atoms with van der Waals surface area (Å²) < 4.78 is 11.5. The van der Waals surface area contributed by atoms with Crippen molar-refractivity contribution < 1.29 is 34.4 Å². The summed E-state index contributed by atoms with van der Waals surface area (Å²) in [5.74, 6) is 0. The number of unbranched alkanes of at least 4 members (excludes halogenated alkanes) is 20. The lowest BCUT2D eigenvalue weighted by atomic mass is 9.95. The molecule has 10 nitrogen and oxygen atoms in total. The van der Waals surface area contributed by atoms with Gasteiger partial charge in [-0.2, -0.15) is 0 Å². The van der Waals surface area contributed by atoms with E-state index < -0.39 is 43.3 Å². The van der Waals surface area contributed by atoms with E-state index in [4.69, 9.17) is 9.47 Å². The topological polar surface area (TPSA) is 141 Å². The fourth-order valence-electron chi connectivity index (χ4n) is 6.80. The Bertz CT molecular complexity index is 1000. The van der Waals surface area contributed by atoms with E-state index in [0.717, 1.165) is 50.5 Å². The molecule has 10 heteroatoms. The molecule has 0 bridgehead atoms. The van der Waals surface area contributed by atoms with Crippen molar-refractivity contribution in [1.82, 2.24) is 15.5 Å². The summed E-state index contributed by atoms with van der Waals surface area (Å²) in [5, 5.41) is 37.5. The summed E-state index contributed by atoms with van der Waals surface area (Å²) in [6.45, 7) is 4.79. The van der Waals surface area contributed by atoms with Crippen LogP contribution < -0.4 is 10.6 Å². The first-order valence-corrected chi connectivity index (χ1v) is 20.6. The van der Waals surface area contributed by atoms with Gasteiger partial charge in [0.25, 0.3) is 0 Å². The molecule has 1 aromatic rings. The second kappa shape index (κ2) is 29.1. The normalized spacial score (nSPS) is 20.2. The predicted molar refractivity (Wildman–Crippen MR) is 204 cm³/mol. The maximum atomic E-state index is 13.7. The second-order valence-corrected chi connectivity index (χ2v) is 14.5. The highest BCUT2D eigenvalue weighted by molar-refractivity contribution is 5.75. The Morgan fingerprint density at radius 1 is 0.706 bits per heavy atom. The number of aliphatic hydroxyl groups excluding tert-OH is 3. The number of carbonyl (C=O) groups excluding carboxylic acids is 2. The first-order chi connectivity index (χ1) is 24.9. The van der Waals surface area contributed by atoms with Crippen LogP contribution in [0.3, 0.4) is 0 Å². The van der Waals surface area contributed by atoms with Crippen molar-refractivity contribution in [2.24, 2.45) is 0 Å². The van der Waals surface area contributed by atoms with Crippen LogP contribution in [0.25, 0.3) is 0 Å². The van der Waals surface area contributed by atoms with Crippen LogP contribution in [0.1, 0.15) is 161 Å². The summed E-state index contributed by atoms with van der Waals surface area (Å²) >= 11 is 0. The van der Waals surface area contributed by atoms with E-state index >= 15 is 0 Å². The first-order valence-electron chi connectivity index (χ1n) is 20.6. The van der Waals surface area contributed by atoms with Gasteiger partial charge in [-0.3, -0.25) is 4.90 Å². The molecular weight excluding hydrogens is 646 g/mol. The summed E-state index contributed by atoms with van der Waals surface area (Å²) in [7, 11) is 0. The summed E-state index contributed by atoms with van der Waals surface area (Å²) in [5.41, 5.74) is 0.796. The van der Waals surface area contributed by atoms with Gasteiger partial charge in [-0.25, -0.2) is 9.59 Å². The molecule has 0 aromatic heterocycles. The van der Waals surface area contributed by atoms with Gasteiger partial charge in [0.1, 0.15) is 31.0 Å². The minimum absolute atomic E-state index is 0.0186. The molecule has 0 saturated carbocycles. The molecule has 51 heavy (non-hydrogen) atoms. The monoisotopic (exact) mass is 720 g/mol. The van der Waals surface area contributed by atoms with Crippen LogP contribution >= 0.6 is 0 Å². The summed E-state index contributed by atoms with van der Waals surface area (Å²) in [4.78, 5) is 28.2. The highest BCUT2D eigenvalue weighted by Crippen LogP contribution is 2.25. The number of hydrogen-bond acceptors (Lipinski definition) is 7. The zero-order chi connectivity index (χ0) is 36.9. The van der Waals surface area contributed by atoms with Gasteiger partial charge >= 0.3 is 12.1 Å². The van der Waals surface area contributed by atoms with E-state index in [1.165, 1.54) is 101 Å².